The molecule has 1 fully saturated rings. The molecule has 0 aromatic heterocycles. The van der Waals surface area contributed by atoms with Crippen LogP contribution in [0.3, 0.4) is 0 Å². The third-order valence-electron chi connectivity index (χ3n) is 3.93. The molecule has 0 spiro atoms. The number of carbonyl (C=O) groups is 1. The second-order valence-corrected chi connectivity index (χ2v) is 6.42. The summed E-state index contributed by atoms with van der Waals surface area (Å²) in [6.45, 7) is 3.23. The van der Waals surface area contributed by atoms with Gasteiger partial charge in [-0.1, -0.05) is 12.1 Å². The molecule has 0 radical (unpaired) electrons. The first-order valence-electron chi connectivity index (χ1n) is 7.58. The largest absolute Gasteiger partial charge is 0.330 e. The average Bonchev–Trinajstić information content (AvgIpc) is 2.48. The zero-order chi connectivity index (χ0) is 15.1. The van der Waals surface area contributed by atoms with Crippen LogP contribution in [0.25, 0.3) is 0 Å². The van der Waals surface area contributed by atoms with Crippen LogP contribution < -0.4 is 11.1 Å². The molecule has 1 heterocycles. The van der Waals surface area contributed by atoms with Crippen molar-refractivity contribution in [3.05, 3.63) is 24.3 Å². The van der Waals surface area contributed by atoms with Crippen LogP contribution in [0.1, 0.15) is 19.3 Å². The van der Waals surface area contributed by atoms with Crippen molar-refractivity contribution in [2.75, 3.05) is 37.8 Å². The summed E-state index contributed by atoms with van der Waals surface area (Å²) >= 11 is 1.65. The summed E-state index contributed by atoms with van der Waals surface area (Å²) in [7, 11) is 0. The predicted octanol–water partition coefficient (Wildman–Crippen LogP) is 2.41. The normalized spacial score (nSPS) is 19.4. The molecular formula is C16H25N3OS. The predicted molar refractivity (Wildman–Crippen MR) is 89.7 cm³/mol. The van der Waals surface area contributed by atoms with Gasteiger partial charge in [0.15, 0.2) is 0 Å². The van der Waals surface area contributed by atoms with E-state index in [1.807, 2.05) is 30.5 Å². The zero-order valence-corrected chi connectivity index (χ0v) is 13.5. The number of para-hydroxylation sites is 1. The van der Waals surface area contributed by atoms with Crippen LogP contribution in [0.5, 0.6) is 0 Å². The smallest absolute Gasteiger partial charge is 0.238 e. The Morgan fingerprint density at radius 1 is 1.48 bits per heavy atom. The molecule has 1 aromatic rings. The van der Waals surface area contributed by atoms with Crippen LogP contribution in [0.2, 0.25) is 0 Å². The zero-order valence-electron chi connectivity index (χ0n) is 12.7. The molecular weight excluding hydrogens is 282 g/mol. The summed E-state index contributed by atoms with van der Waals surface area (Å²) in [5.41, 5.74) is 6.55. The molecule has 5 heteroatoms. The fourth-order valence-corrected chi connectivity index (χ4v) is 3.46. The Morgan fingerprint density at radius 3 is 3.05 bits per heavy atom. The molecule has 1 amide bonds. The van der Waals surface area contributed by atoms with Crippen LogP contribution in [0.4, 0.5) is 5.69 Å². The second-order valence-electron chi connectivity index (χ2n) is 5.57. The molecule has 1 atom stereocenters. The summed E-state index contributed by atoms with van der Waals surface area (Å²) in [6, 6.07) is 7.92. The third kappa shape index (κ3) is 5.02. The molecule has 0 bridgehead atoms. The van der Waals surface area contributed by atoms with E-state index in [0.29, 0.717) is 12.5 Å². The number of benzene rings is 1. The number of nitrogens with zero attached hydrogens (tertiary/aromatic N) is 1. The van der Waals surface area contributed by atoms with E-state index >= 15 is 0 Å². The fraction of sp³-hybridized carbons (Fsp3) is 0.562. The quantitative estimate of drug-likeness (QED) is 0.792. The first kappa shape index (κ1) is 16.3. The van der Waals surface area contributed by atoms with E-state index in [0.717, 1.165) is 36.6 Å². The fourth-order valence-electron chi connectivity index (χ4n) is 2.91. The first-order valence-corrected chi connectivity index (χ1v) is 8.80. The highest BCUT2D eigenvalue weighted by Gasteiger charge is 2.21. The highest BCUT2D eigenvalue weighted by atomic mass is 32.2. The van der Waals surface area contributed by atoms with Crippen molar-refractivity contribution in [1.29, 1.82) is 0 Å². The molecule has 4 nitrogen and oxygen atoms in total. The van der Waals surface area contributed by atoms with Gasteiger partial charge in [-0.2, -0.15) is 0 Å². The van der Waals surface area contributed by atoms with E-state index in [1.165, 1.54) is 12.8 Å². The third-order valence-corrected chi connectivity index (χ3v) is 4.72. The van der Waals surface area contributed by atoms with Crippen molar-refractivity contribution in [2.24, 2.45) is 11.7 Å². The van der Waals surface area contributed by atoms with E-state index < -0.39 is 0 Å². The number of thioether (sulfide) groups is 1. The number of anilines is 1. The Hall–Kier alpha value is -1.04. The Kier molecular flexibility index (Phi) is 6.54. The van der Waals surface area contributed by atoms with Gasteiger partial charge >= 0.3 is 0 Å². The van der Waals surface area contributed by atoms with Gasteiger partial charge < -0.3 is 11.1 Å². The standard InChI is InChI=1S/C16H25N3OS/c1-21-15-7-3-2-6-14(15)18-16(20)12-19-10-4-5-13(11-19)8-9-17/h2-3,6-7,13H,4-5,8-12,17H2,1H3,(H,18,20). The number of piperidine rings is 1. The number of likely N-dealkylation sites (tertiary alicyclic amines) is 1. The van der Waals surface area contributed by atoms with Gasteiger partial charge in [-0.05, 0) is 56.7 Å². The van der Waals surface area contributed by atoms with Crippen molar-refractivity contribution in [2.45, 2.75) is 24.2 Å². The van der Waals surface area contributed by atoms with E-state index in [2.05, 4.69) is 10.2 Å². The van der Waals surface area contributed by atoms with Crippen molar-refractivity contribution < 1.29 is 4.79 Å². The lowest BCUT2D eigenvalue weighted by atomic mass is 9.95. The van der Waals surface area contributed by atoms with Crippen LogP contribution >= 0.6 is 11.8 Å². The van der Waals surface area contributed by atoms with Gasteiger partial charge in [0.25, 0.3) is 0 Å². The lowest BCUT2D eigenvalue weighted by Crippen LogP contribution is -2.41. The van der Waals surface area contributed by atoms with Crippen LogP contribution in [-0.2, 0) is 4.79 Å². The van der Waals surface area contributed by atoms with Crippen LogP contribution in [0, 0.1) is 5.92 Å². The minimum atomic E-state index is 0.0740. The van der Waals surface area contributed by atoms with Crippen LogP contribution in [0.15, 0.2) is 29.2 Å². The summed E-state index contributed by atoms with van der Waals surface area (Å²) < 4.78 is 0. The molecule has 1 unspecified atom stereocenters. The molecule has 0 saturated carbocycles. The molecule has 3 N–H and O–H groups in total. The maximum absolute atomic E-state index is 12.2. The topological polar surface area (TPSA) is 58.4 Å². The van der Waals surface area contributed by atoms with Crippen molar-refractivity contribution >= 4 is 23.4 Å². The number of nitrogens with one attached hydrogen (secondary N) is 1. The second kappa shape index (κ2) is 8.41. The van der Waals surface area contributed by atoms with Gasteiger partial charge in [0.05, 0.1) is 12.2 Å². The Balaban J connectivity index is 1.86. The summed E-state index contributed by atoms with van der Waals surface area (Å²) in [5.74, 6) is 0.722. The molecule has 0 aliphatic carbocycles. The van der Waals surface area contributed by atoms with Gasteiger partial charge in [-0.15, -0.1) is 11.8 Å². The number of carbonyl (C=O) groups excluding carboxylic acids is 1. The lowest BCUT2D eigenvalue weighted by molar-refractivity contribution is -0.117. The molecule has 21 heavy (non-hydrogen) atoms. The number of hydrogen-bond donors (Lipinski definition) is 2. The number of hydrogen-bond acceptors (Lipinski definition) is 4. The van der Waals surface area contributed by atoms with Gasteiger partial charge in [0, 0.05) is 11.4 Å². The molecule has 1 aliphatic rings. The van der Waals surface area contributed by atoms with Crippen molar-refractivity contribution in [3.63, 3.8) is 0 Å². The number of amides is 1. The summed E-state index contributed by atoms with van der Waals surface area (Å²) in [6.07, 6.45) is 5.49. The number of nitrogens with two attached hydrogens (primary N) is 1. The minimum Gasteiger partial charge on any atom is -0.330 e. The Morgan fingerprint density at radius 2 is 2.29 bits per heavy atom. The van der Waals surface area contributed by atoms with Gasteiger partial charge in [-0.25, -0.2) is 0 Å². The average molecular weight is 307 g/mol. The van der Waals surface area contributed by atoms with Gasteiger partial charge in [0.1, 0.15) is 0 Å². The van der Waals surface area contributed by atoms with E-state index in [1.54, 1.807) is 11.8 Å². The van der Waals surface area contributed by atoms with Crippen LogP contribution in [-0.4, -0.2) is 43.2 Å². The Bertz CT molecular complexity index is 465. The van der Waals surface area contributed by atoms with Crippen molar-refractivity contribution in [1.82, 2.24) is 4.90 Å². The maximum Gasteiger partial charge on any atom is 0.238 e. The molecule has 1 aliphatic heterocycles. The lowest BCUT2D eigenvalue weighted by Gasteiger charge is -2.32. The highest BCUT2D eigenvalue weighted by Crippen LogP contribution is 2.24. The first-order chi connectivity index (χ1) is 10.2. The van der Waals surface area contributed by atoms with E-state index in [4.69, 9.17) is 5.73 Å². The molecule has 2 rings (SSSR count). The molecule has 1 saturated heterocycles. The number of rotatable bonds is 6. The Labute approximate surface area is 131 Å². The highest BCUT2D eigenvalue weighted by molar-refractivity contribution is 7.98. The van der Waals surface area contributed by atoms with Gasteiger partial charge in [0.2, 0.25) is 5.91 Å². The van der Waals surface area contributed by atoms with E-state index in [-0.39, 0.29) is 5.91 Å². The van der Waals surface area contributed by atoms with Gasteiger partial charge in [-0.3, -0.25) is 9.69 Å². The van der Waals surface area contributed by atoms with Crippen molar-refractivity contribution in [3.8, 4) is 0 Å². The summed E-state index contributed by atoms with van der Waals surface area (Å²) in [4.78, 5) is 15.6. The maximum atomic E-state index is 12.2. The summed E-state index contributed by atoms with van der Waals surface area (Å²) in [5, 5.41) is 3.03. The molecule has 1 aromatic carbocycles. The minimum absolute atomic E-state index is 0.0740. The monoisotopic (exact) mass is 307 g/mol. The van der Waals surface area contributed by atoms with E-state index in [9.17, 15) is 4.79 Å². The molecule has 116 valence electrons. The SMILES string of the molecule is CSc1ccccc1NC(=O)CN1CCCC(CCN)C1.